The molecule has 0 fully saturated rings. The first-order chi connectivity index (χ1) is 6.69. The van der Waals surface area contributed by atoms with Crippen LogP contribution in [0.4, 0.5) is 0 Å². The largest absolute Gasteiger partial charge is 0.266 e. The van der Waals surface area contributed by atoms with Crippen LogP contribution in [0.2, 0.25) is 0 Å². The molecule has 0 radical (unpaired) electrons. The molecule has 0 aliphatic heterocycles. The van der Waals surface area contributed by atoms with Crippen LogP contribution in [-0.4, -0.2) is 15.1 Å². The van der Waals surface area contributed by atoms with Gasteiger partial charge in [-0.05, 0) is 25.0 Å². The van der Waals surface area contributed by atoms with E-state index in [1.807, 2.05) is 10.9 Å². The Balaban J connectivity index is 2.94. The van der Waals surface area contributed by atoms with Crippen LogP contribution in [0.15, 0.2) is 17.8 Å². The van der Waals surface area contributed by atoms with Crippen molar-refractivity contribution < 1.29 is 0 Å². The minimum absolute atomic E-state index is 0.578. The van der Waals surface area contributed by atoms with Crippen LogP contribution < -0.4 is 0 Å². The molecule has 0 amide bonds. The molecule has 0 aromatic carbocycles. The molecule has 14 heavy (non-hydrogen) atoms. The van der Waals surface area contributed by atoms with E-state index >= 15 is 0 Å². The molecule has 78 valence electrons. The number of rotatable bonds is 4. The molecule has 1 heterocycles. The Labute approximate surface area is 94.1 Å². The zero-order chi connectivity index (χ0) is 10.6. The highest BCUT2D eigenvalue weighted by Gasteiger charge is 2.03. The van der Waals surface area contributed by atoms with Gasteiger partial charge in [-0.25, -0.2) is 0 Å². The summed E-state index contributed by atoms with van der Waals surface area (Å²) in [5.74, 6) is 0.578. The third-order valence-electron chi connectivity index (χ3n) is 2.28. The smallest absolute Gasteiger partial charge is 0.0609 e. The third-order valence-corrected chi connectivity index (χ3v) is 2.93. The first-order valence-electron chi connectivity index (χ1n) is 4.97. The van der Waals surface area contributed by atoms with E-state index in [0.29, 0.717) is 5.92 Å². The van der Waals surface area contributed by atoms with Crippen LogP contribution in [0.1, 0.15) is 26.5 Å². The summed E-state index contributed by atoms with van der Waals surface area (Å²) in [7, 11) is 0. The lowest BCUT2D eigenvalue weighted by molar-refractivity contribution is 0.652. The van der Waals surface area contributed by atoms with Gasteiger partial charge in [-0.3, -0.25) is 4.68 Å². The van der Waals surface area contributed by atoms with E-state index in [1.165, 1.54) is 11.3 Å². The molecule has 0 spiro atoms. The average molecular weight is 257 g/mol. The van der Waals surface area contributed by atoms with E-state index in [2.05, 4.69) is 53.9 Å². The fourth-order valence-corrected chi connectivity index (χ4v) is 2.09. The molecule has 0 aliphatic rings. The Morgan fingerprint density at radius 1 is 1.64 bits per heavy atom. The van der Waals surface area contributed by atoms with E-state index < -0.39 is 0 Å². The van der Waals surface area contributed by atoms with E-state index in [-0.39, 0.29) is 0 Å². The maximum absolute atomic E-state index is 4.24. The molecule has 0 saturated carbocycles. The number of nitrogens with zero attached hydrogens (tertiary/aromatic N) is 2. The van der Waals surface area contributed by atoms with Gasteiger partial charge in [-0.2, -0.15) is 5.10 Å². The molecule has 3 heteroatoms. The molecule has 1 aromatic heterocycles. The zero-order valence-corrected chi connectivity index (χ0v) is 10.6. The lowest BCUT2D eigenvalue weighted by Crippen LogP contribution is -2.01. The number of halogens is 1. The summed E-state index contributed by atoms with van der Waals surface area (Å²) >= 11 is 3.51. The van der Waals surface area contributed by atoms with Crippen molar-refractivity contribution in [1.29, 1.82) is 0 Å². The summed E-state index contributed by atoms with van der Waals surface area (Å²) < 4.78 is 2.00. The number of hydrogen-bond donors (Lipinski definition) is 0. The Hall–Kier alpha value is -0.570. The molecular formula is C11H17BrN2. The minimum Gasteiger partial charge on any atom is -0.266 e. The summed E-state index contributed by atoms with van der Waals surface area (Å²) in [5, 5.41) is 5.17. The van der Waals surface area contributed by atoms with Crippen LogP contribution >= 0.6 is 15.9 Å². The summed E-state index contributed by atoms with van der Waals surface area (Å²) in [4.78, 5) is 0. The lowest BCUT2D eigenvalue weighted by atomic mass is 10.0. The van der Waals surface area contributed by atoms with Gasteiger partial charge in [0.15, 0.2) is 0 Å². The first kappa shape index (κ1) is 11.5. The second kappa shape index (κ2) is 5.35. The standard InChI is InChI=1S/C11H17BrN2/c1-4-14-11(5-6-13-14)7-10(8-12)9(2)3/h5-7,9H,4,8H2,1-3H3/b10-7-. The van der Waals surface area contributed by atoms with Gasteiger partial charge in [0.25, 0.3) is 0 Å². The van der Waals surface area contributed by atoms with Gasteiger partial charge in [0.2, 0.25) is 0 Å². The van der Waals surface area contributed by atoms with Crippen molar-refractivity contribution in [3.05, 3.63) is 23.5 Å². The predicted octanol–water partition coefficient (Wildman–Crippen LogP) is 3.34. The van der Waals surface area contributed by atoms with Crippen LogP contribution in [0, 0.1) is 5.92 Å². The Kier molecular flexibility index (Phi) is 4.39. The van der Waals surface area contributed by atoms with Crippen LogP contribution in [0.5, 0.6) is 0 Å². The molecule has 0 unspecified atom stereocenters. The molecule has 0 atom stereocenters. The SMILES string of the molecule is CCn1nccc1/C=C(/CBr)C(C)C. The number of hydrogen-bond acceptors (Lipinski definition) is 1. The highest BCUT2D eigenvalue weighted by atomic mass is 79.9. The van der Waals surface area contributed by atoms with Gasteiger partial charge >= 0.3 is 0 Å². The first-order valence-corrected chi connectivity index (χ1v) is 6.09. The molecule has 1 aromatic rings. The maximum atomic E-state index is 4.24. The van der Waals surface area contributed by atoms with Crippen LogP contribution in [0.25, 0.3) is 6.08 Å². The van der Waals surface area contributed by atoms with Crippen molar-refractivity contribution >= 4 is 22.0 Å². The average Bonchev–Trinajstić information content (AvgIpc) is 2.60. The molecule has 0 saturated heterocycles. The van der Waals surface area contributed by atoms with Crippen molar-refractivity contribution in [3.8, 4) is 0 Å². The van der Waals surface area contributed by atoms with Crippen molar-refractivity contribution in [1.82, 2.24) is 9.78 Å². The highest BCUT2D eigenvalue weighted by molar-refractivity contribution is 9.09. The fraction of sp³-hybridized carbons (Fsp3) is 0.545. The number of aromatic nitrogens is 2. The van der Waals surface area contributed by atoms with Crippen molar-refractivity contribution in [3.63, 3.8) is 0 Å². The second-order valence-electron chi connectivity index (χ2n) is 3.58. The fourth-order valence-electron chi connectivity index (χ4n) is 1.28. The minimum atomic E-state index is 0.578. The number of alkyl halides is 1. The highest BCUT2D eigenvalue weighted by Crippen LogP contribution is 2.16. The Morgan fingerprint density at radius 3 is 2.86 bits per heavy atom. The predicted molar refractivity (Wildman–Crippen MR) is 64.5 cm³/mol. The van der Waals surface area contributed by atoms with Gasteiger partial charge in [0, 0.05) is 18.1 Å². The quantitative estimate of drug-likeness (QED) is 0.756. The van der Waals surface area contributed by atoms with Crippen LogP contribution in [0.3, 0.4) is 0 Å². The Bertz CT molecular complexity index is 313. The number of allylic oxidation sites excluding steroid dienone is 1. The maximum Gasteiger partial charge on any atom is 0.0609 e. The van der Waals surface area contributed by atoms with E-state index in [4.69, 9.17) is 0 Å². The van der Waals surface area contributed by atoms with E-state index in [9.17, 15) is 0 Å². The van der Waals surface area contributed by atoms with Gasteiger partial charge in [0.05, 0.1) is 5.69 Å². The van der Waals surface area contributed by atoms with Crippen LogP contribution in [-0.2, 0) is 6.54 Å². The Morgan fingerprint density at radius 2 is 2.36 bits per heavy atom. The van der Waals surface area contributed by atoms with Gasteiger partial charge in [0.1, 0.15) is 0 Å². The molecular weight excluding hydrogens is 240 g/mol. The van der Waals surface area contributed by atoms with Crippen molar-refractivity contribution in [2.24, 2.45) is 5.92 Å². The van der Waals surface area contributed by atoms with Crippen molar-refractivity contribution in [2.75, 3.05) is 5.33 Å². The normalized spacial score (nSPS) is 12.5. The van der Waals surface area contributed by atoms with Gasteiger partial charge in [-0.1, -0.05) is 35.4 Å². The van der Waals surface area contributed by atoms with Gasteiger partial charge < -0.3 is 0 Å². The summed E-state index contributed by atoms with van der Waals surface area (Å²) in [6.07, 6.45) is 4.07. The van der Waals surface area contributed by atoms with E-state index in [1.54, 1.807) is 0 Å². The molecule has 0 N–H and O–H groups in total. The zero-order valence-electron chi connectivity index (χ0n) is 9.00. The van der Waals surface area contributed by atoms with Gasteiger partial charge in [-0.15, -0.1) is 0 Å². The second-order valence-corrected chi connectivity index (χ2v) is 4.14. The summed E-state index contributed by atoms with van der Waals surface area (Å²) in [6.45, 7) is 7.44. The molecule has 0 bridgehead atoms. The van der Waals surface area contributed by atoms with Crippen molar-refractivity contribution in [2.45, 2.75) is 27.3 Å². The van der Waals surface area contributed by atoms with E-state index in [0.717, 1.165) is 11.9 Å². The summed E-state index contributed by atoms with van der Waals surface area (Å²) in [5.41, 5.74) is 2.59. The lowest BCUT2D eigenvalue weighted by Gasteiger charge is -2.08. The molecule has 0 aliphatic carbocycles. The summed E-state index contributed by atoms with van der Waals surface area (Å²) in [6, 6.07) is 2.05. The topological polar surface area (TPSA) is 17.8 Å². The monoisotopic (exact) mass is 256 g/mol. The third kappa shape index (κ3) is 2.71. The molecule has 2 nitrogen and oxygen atoms in total. The number of aryl methyl sites for hydroxylation is 1. The molecule has 1 rings (SSSR count).